The van der Waals surface area contributed by atoms with Crippen LogP contribution < -0.4 is 4.90 Å². The molecule has 2 bridgehead atoms. The van der Waals surface area contributed by atoms with E-state index < -0.39 is 5.60 Å². The van der Waals surface area contributed by atoms with E-state index in [2.05, 4.69) is 11.0 Å². The van der Waals surface area contributed by atoms with Gasteiger partial charge in [-0.15, -0.1) is 0 Å². The summed E-state index contributed by atoms with van der Waals surface area (Å²) >= 11 is 0. The first-order valence-electron chi connectivity index (χ1n) is 8.10. The van der Waals surface area contributed by atoms with Crippen LogP contribution in [0.25, 0.3) is 0 Å². The monoisotopic (exact) mass is 316 g/mol. The van der Waals surface area contributed by atoms with Crippen molar-refractivity contribution in [2.45, 2.75) is 51.8 Å². The van der Waals surface area contributed by atoms with Gasteiger partial charge in [0.25, 0.3) is 0 Å². The second-order valence-corrected chi connectivity index (χ2v) is 7.51. The molecule has 2 unspecified atom stereocenters. The number of hydrogen-bond donors (Lipinski definition) is 0. The number of hydrogen-bond acceptors (Lipinski definition) is 4. The molecule has 2 fully saturated rings. The van der Waals surface area contributed by atoms with E-state index >= 15 is 0 Å². The van der Waals surface area contributed by atoms with Crippen molar-refractivity contribution in [3.8, 4) is 0 Å². The standard InChI is InChI=1S/C18H24N2O3/c1-12-5-6-13(11-21)16(7-12)19-9-15-8-14(19)10-20(15)17(22)23-18(2,3)4/h5-7,11,14-15H,8-10H2,1-4H3. The number of rotatable bonds is 2. The average Bonchev–Trinajstić information content (AvgIpc) is 3.05. The minimum absolute atomic E-state index is 0.162. The Bertz CT molecular complexity index is 636. The summed E-state index contributed by atoms with van der Waals surface area (Å²) in [6.07, 6.45) is 1.61. The Hall–Kier alpha value is -2.04. The van der Waals surface area contributed by atoms with Gasteiger partial charge in [0.1, 0.15) is 5.60 Å². The number of nitrogens with zero attached hydrogens (tertiary/aromatic N) is 2. The Morgan fingerprint density at radius 3 is 2.57 bits per heavy atom. The highest BCUT2D eigenvalue weighted by molar-refractivity contribution is 5.85. The minimum atomic E-state index is -0.472. The molecule has 1 aromatic carbocycles. The third kappa shape index (κ3) is 3.05. The van der Waals surface area contributed by atoms with Gasteiger partial charge in [0.15, 0.2) is 6.29 Å². The Kier molecular flexibility index (Phi) is 3.82. The molecule has 0 saturated carbocycles. The zero-order chi connectivity index (χ0) is 16.8. The lowest BCUT2D eigenvalue weighted by atomic mass is 10.1. The fourth-order valence-electron chi connectivity index (χ4n) is 3.51. The maximum Gasteiger partial charge on any atom is 0.410 e. The Balaban J connectivity index is 1.75. The summed E-state index contributed by atoms with van der Waals surface area (Å²) in [6, 6.07) is 6.30. The lowest BCUT2D eigenvalue weighted by molar-refractivity contribution is 0.0214. The SMILES string of the molecule is Cc1ccc(C=O)c(N2CC3CC2CN3C(=O)OC(C)(C)C)c1. The molecule has 0 spiro atoms. The van der Waals surface area contributed by atoms with Gasteiger partial charge in [-0.25, -0.2) is 4.79 Å². The second-order valence-electron chi connectivity index (χ2n) is 7.51. The van der Waals surface area contributed by atoms with E-state index in [9.17, 15) is 9.59 Å². The molecule has 2 aliphatic rings. The maximum absolute atomic E-state index is 12.3. The van der Waals surface area contributed by atoms with Crippen molar-refractivity contribution >= 4 is 18.1 Å². The molecule has 2 aliphatic heterocycles. The average molecular weight is 316 g/mol. The highest BCUT2D eigenvalue weighted by Crippen LogP contribution is 2.36. The zero-order valence-electron chi connectivity index (χ0n) is 14.2. The molecule has 0 N–H and O–H groups in total. The lowest BCUT2D eigenvalue weighted by Gasteiger charge is -2.36. The number of likely N-dealkylation sites (tertiary alicyclic amines) is 1. The van der Waals surface area contributed by atoms with Crippen LogP contribution in [0, 0.1) is 6.92 Å². The summed E-state index contributed by atoms with van der Waals surface area (Å²) in [4.78, 5) is 27.7. The largest absolute Gasteiger partial charge is 0.444 e. The van der Waals surface area contributed by atoms with Crippen LogP contribution in [0.2, 0.25) is 0 Å². The van der Waals surface area contributed by atoms with Crippen LogP contribution >= 0.6 is 0 Å². The summed E-state index contributed by atoms with van der Waals surface area (Å²) in [6.45, 7) is 9.09. The van der Waals surface area contributed by atoms with Gasteiger partial charge in [0.05, 0.1) is 6.04 Å². The molecule has 5 heteroatoms. The molecule has 2 saturated heterocycles. The van der Waals surface area contributed by atoms with Crippen LogP contribution in [-0.2, 0) is 4.74 Å². The first-order chi connectivity index (χ1) is 10.8. The quantitative estimate of drug-likeness (QED) is 0.787. The molecule has 2 atom stereocenters. The number of benzene rings is 1. The van der Waals surface area contributed by atoms with E-state index in [4.69, 9.17) is 4.74 Å². The Morgan fingerprint density at radius 1 is 1.26 bits per heavy atom. The molecule has 0 aliphatic carbocycles. The van der Waals surface area contributed by atoms with Crippen molar-refractivity contribution in [1.29, 1.82) is 0 Å². The molecular formula is C18H24N2O3. The molecule has 1 aromatic rings. The lowest BCUT2D eigenvalue weighted by Crippen LogP contribution is -2.50. The van der Waals surface area contributed by atoms with E-state index in [1.165, 1.54) is 0 Å². The molecule has 2 heterocycles. The number of carbonyl (C=O) groups excluding carboxylic acids is 2. The second kappa shape index (κ2) is 5.55. The smallest absolute Gasteiger partial charge is 0.410 e. The van der Waals surface area contributed by atoms with Gasteiger partial charge in [-0.3, -0.25) is 4.79 Å². The number of anilines is 1. The Labute approximate surface area is 137 Å². The molecule has 1 amide bonds. The van der Waals surface area contributed by atoms with Crippen LogP contribution in [-0.4, -0.2) is 48.1 Å². The van der Waals surface area contributed by atoms with Crippen LogP contribution in [0.15, 0.2) is 18.2 Å². The first-order valence-corrected chi connectivity index (χ1v) is 8.10. The highest BCUT2D eigenvalue weighted by Gasteiger charge is 2.46. The summed E-state index contributed by atoms with van der Waals surface area (Å²) in [5.41, 5.74) is 2.36. The molecule has 124 valence electrons. The number of ether oxygens (including phenoxy) is 1. The topological polar surface area (TPSA) is 49.9 Å². The first kappa shape index (κ1) is 15.8. The van der Waals surface area contributed by atoms with Crippen molar-refractivity contribution in [2.75, 3.05) is 18.0 Å². The van der Waals surface area contributed by atoms with Crippen LogP contribution in [0.1, 0.15) is 43.1 Å². The normalized spacial score (nSPS) is 23.3. The van der Waals surface area contributed by atoms with E-state index in [1.807, 2.05) is 44.7 Å². The maximum atomic E-state index is 12.3. The van der Waals surface area contributed by atoms with Crippen LogP contribution in [0.3, 0.4) is 0 Å². The fourth-order valence-corrected chi connectivity index (χ4v) is 3.51. The fraction of sp³-hybridized carbons (Fsp3) is 0.556. The predicted octanol–water partition coefficient (Wildman–Crippen LogP) is 3.01. The minimum Gasteiger partial charge on any atom is -0.444 e. The van der Waals surface area contributed by atoms with Crippen molar-refractivity contribution in [3.05, 3.63) is 29.3 Å². The van der Waals surface area contributed by atoms with Crippen molar-refractivity contribution in [3.63, 3.8) is 0 Å². The summed E-state index contributed by atoms with van der Waals surface area (Å²) in [5, 5.41) is 0. The molecule has 0 aromatic heterocycles. The van der Waals surface area contributed by atoms with E-state index in [0.717, 1.165) is 30.5 Å². The van der Waals surface area contributed by atoms with Gasteiger partial charge in [-0.1, -0.05) is 6.07 Å². The van der Waals surface area contributed by atoms with Gasteiger partial charge >= 0.3 is 6.09 Å². The number of carbonyl (C=O) groups is 2. The Morgan fingerprint density at radius 2 is 2.00 bits per heavy atom. The number of aldehydes is 1. The highest BCUT2D eigenvalue weighted by atomic mass is 16.6. The molecule has 23 heavy (non-hydrogen) atoms. The summed E-state index contributed by atoms with van der Waals surface area (Å²) < 4.78 is 5.49. The number of piperazine rings is 1. The van der Waals surface area contributed by atoms with Gasteiger partial charge in [0, 0.05) is 30.4 Å². The van der Waals surface area contributed by atoms with Gasteiger partial charge < -0.3 is 14.5 Å². The number of fused-ring (bicyclic) bond motifs is 2. The van der Waals surface area contributed by atoms with Crippen molar-refractivity contribution < 1.29 is 14.3 Å². The number of amides is 1. The molecule has 3 rings (SSSR count). The van der Waals surface area contributed by atoms with Crippen LogP contribution in [0.4, 0.5) is 10.5 Å². The molecule has 0 radical (unpaired) electrons. The summed E-state index contributed by atoms with van der Waals surface area (Å²) in [5.74, 6) is 0. The third-order valence-electron chi connectivity index (χ3n) is 4.49. The molecular weight excluding hydrogens is 292 g/mol. The number of aryl methyl sites for hydroxylation is 1. The van der Waals surface area contributed by atoms with Gasteiger partial charge in [-0.05, 0) is 51.8 Å². The third-order valence-corrected chi connectivity index (χ3v) is 4.49. The van der Waals surface area contributed by atoms with E-state index in [-0.39, 0.29) is 18.2 Å². The summed E-state index contributed by atoms with van der Waals surface area (Å²) in [7, 11) is 0. The zero-order valence-corrected chi connectivity index (χ0v) is 14.2. The van der Waals surface area contributed by atoms with E-state index in [0.29, 0.717) is 12.1 Å². The van der Waals surface area contributed by atoms with Crippen molar-refractivity contribution in [1.82, 2.24) is 4.90 Å². The molecule has 5 nitrogen and oxygen atoms in total. The van der Waals surface area contributed by atoms with Gasteiger partial charge in [-0.2, -0.15) is 0 Å². The van der Waals surface area contributed by atoms with Gasteiger partial charge in [0.2, 0.25) is 0 Å². The van der Waals surface area contributed by atoms with Crippen LogP contribution in [0.5, 0.6) is 0 Å². The van der Waals surface area contributed by atoms with Crippen molar-refractivity contribution in [2.24, 2.45) is 0 Å². The van der Waals surface area contributed by atoms with E-state index in [1.54, 1.807) is 0 Å². The predicted molar refractivity (Wildman–Crippen MR) is 89.0 cm³/mol.